The number of nitrogens with zero attached hydrogens (tertiary/aromatic N) is 4. The first-order valence-corrected chi connectivity index (χ1v) is 9.08. The van der Waals surface area contributed by atoms with Crippen molar-refractivity contribution in [2.45, 2.75) is 38.9 Å². The van der Waals surface area contributed by atoms with E-state index in [9.17, 15) is 4.79 Å². The third kappa shape index (κ3) is 2.82. The lowest BCUT2D eigenvalue weighted by Crippen LogP contribution is -2.45. The minimum atomic E-state index is -0.0606. The second-order valence-electron chi connectivity index (χ2n) is 6.48. The van der Waals surface area contributed by atoms with E-state index in [1.54, 1.807) is 23.7 Å². The van der Waals surface area contributed by atoms with Crippen LogP contribution in [-0.2, 0) is 4.74 Å². The normalized spacial score (nSPS) is 26.4. The fourth-order valence-electron chi connectivity index (χ4n) is 3.48. The zero-order valence-corrected chi connectivity index (χ0v) is 14.6. The van der Waals surface area contributed by atoms with Crippen LogP contribution in [0.4, 0.5) is 0 Å². The molecule has 0 N–H and O–H groups in total. The van der Waals surface area contributed by atoms with Gasteiger partial charge in [0.15, 0.2) is 0 Å². The fraction of sp³-hybridized carbons (Fsp3) is 0.529. The number of carbonyl (C=O) groups is 1. The molecule has 0 unspecified atom stereocenters. The molecule has 4 rings (SSSR count). The lowest BCUT2D eigenvalue weighted by atomic mass is 9.91. The maximum absolute atomic E-state index is 12.5. The highest BCUT2D eigenvalue weighted by Gasteiger charge is 2.42. The quantitative estimate of drug-likeness (QED) is 0.837. The highest BCUT2D eigenvalue weighted by Crippen LogP contribution is 2.42. The summed E-state index contributed by atoms with van der Waals surface area (Å²) in [5, 5.41) is 1.08. The predicted octanol–water partition coefficient (Wildman–Crippen LogP) is 2.54. The number of hydrogen-bond donors (Lipinski definition) is 0. The first-order chi connectivity index (χ1) is 11.6. The minimum absolute atomic E-state index is 0.0606. The average molecular weight is 344 g/mol. The Labute approximate surface area is 144 Å². The molecular weight excluding hydrogens is 324 g/mol. The Morgan fingerprint density at radius 2 is 2.25 bits per heavy atom. The molecule has 2 aromatic rings. The highest BCUT2D eigenvalue weighted by atomic mass is 32.1. The topological polar surface area (TPSA) is 68.2 Å². The number of ether oxygens (including phenoxy) is 1. The standard InChI is InChI=1S/C17H20N4O2S/c1-10-11(2)24-16(20-10)14-7-12-3-6-21(9-15(12)23-14)17(22)13-8-18-4-5-19-13/h4-5,8,12,14-15H,3,6-7,9H2,1-2H3/t12-,14-,15+/m0/s1. The van der Waals surface area contributed by atoms with Crippen molar-refractivity contribution in [2.75, 3.05) is 13.1 Å². The highest BCUT2D eigenvalue weighted by molar-refractivity contribution is 7.11. The minimum Gasteiger partial charge on any atom is -0.366 e. The summed E-state index contributed by atoms with van der Waals surface area (Å²) >= 11 is 1.73. The summed E-state index contributed by atoms with van der Waals surface area (Å²) in [6.07, 6.45) is 6.79. The molecule has 24 heavy (non-hydrogen) atoms. The van der Waals surface area contributed by atoms with Gasteiger partial charge in [-0.15, -0.1) is 11.3 Å². The van der Waals surface area contributed by atoms with Gasteiger partial charge in [-0.05, 0) is 32.6 Å². The van der Waals surface area contributed by atoms with E-state index in [1.165, 1.54) is 11.1 Å². The molecule has 2 aliphatic rings. The van der Waals surface area contributed by atoms with Crippen LogP contribution in [-0.4, -0.2) is 45.0 Å². The van der Waals surface area contributed by atoms with Gasteiger partial charge < -0.3 is 9.64 Å². The summed E-state index contributed by atoms with van der Waals surface area (Å²) in [4.78, 5) is 28.4. The van der Waals surface area contributed by atoms with Gasteiger partial charge in [-0.1, -0.05) is 0 Å². The maximum Gasteiger partial charge on any atom is 0.274 e. The van der Waals surface area contributed by atoms with Gasteiger partial charge in [-0.25, -0.2) is 9.97 Å². The molecular formula is C17H20N4O2S. The molecule has 2 aromatic heterocycles. The van der Waals surface area contributed by atoms with Crippen molar-refractivity contribution in [3.05, 3.63) is 39.9 Å². The zero-order valence-electron chi connectivity index (χ0n) is 13.8. The zero-order chi connectivity index (χ0) is 16.7. The van der Waals surface area contributed by atoms with Gasteiger partial charge in [-0.3, -0.25) is 9.78 Å². The van der Waals surface area contributed by atoms with Crippen LogP contribution in [0.25, 0.3) is 0 Å². The second kappa shape index (κ2) is 6.22. The van der Waals surface area contributed by atoms with Crippen molar-refractivity contribution in [2.24, 2.45) is 5.92 Å². The molecule has 2 aliphatic heterocycles. The predicted molar refractivity (Wildman–Crippen MR) is 89.9 cm³/mol. The SMILES string of the molecule is Cc1nc([C@@H]2C[C@@H]3CCN(C(=O)c4cnccn4)C[C@H]3O2)sc1C. The van der Waals surface area contributed by atoms with E-state index >= 15 is 0 Å². The van der Waals surface area contributed by atoms with Crippen LogP contribution in [0.2, 0.25) is 0 Å². The molecule has 126 valence electrons. The Balaban J connectivity index is 1.45. The number of piperidine rings is 1. The number of aryl methyl sites for hydroxylation is 2. The number of thiazole rings is 1. The Kier molecular flexibility index (Phi) is 4.05. The summed E-state index contributed by atoms with van der Waals surface area (Å²) in [6.45, 7) is 5.51. The second-order valence-corrected chi connectivity index (χ2v) is 7.72. The van der Waals surface area contributed by atoms with Gasteiger partial charge in [0.05, 0.1) is 18.0 Å². The first-order valence-electron chi connectivity index (χ1n) is 8.26. The summed E-state index contributed by atoms with van der Waals surface area (Å²) in [7, 11) is 0. The molecule has 0 aromatic carbocycles. The van der Waals surface area contributed by atoms with Crippen molar-refractivity contribution in [3.63, 3.8) is 0 Å². The maximum atomic E-state index is 12.5. The van der Waals surface area contributed by atoms with Crippen LogP contribution in [0.3, 0.4) is 0 Å². The van der Waals surface area contributed by atoms with Crippen LogP contribution >= 0.6 is 11.3 Å². The van der Waals surface area contributed by atoms with E-state index in [1.807, 2.05) is 11.8 Å². The number of likely N-dealkylation sites (tertiary alicyclic amines) is 1. The molecule has 2 fully saturated rings. The third-order valence-corrected chi connectivity index (χ3v) is 6.11. The number of fused-ring (bicyclic) bond motifs is 1. The van der Waals surface area contributed by atoms with Crippen LogP contribution in [0.15, 0.2) is 18.6 Å². The molecule has 0 radical (unpaired) electrons. The van der Waals surface area contributed by atoms with Crippen LogP contribution in [0.1, 0.15) is 45.0 Å². The van der Waals surface area contributed by atoms with E-state index in [0.717, 1.165) is 30.1 Å². The number of aromatic nitrogens is 3. The van der Waals surface area contributed by atoms with E-state index < -0.39 is 0 Å². The molecule has 4 heterocycles. The summed E-state index contributed by atoms with van der Waals surface area (Å²) in [6, 6.07) is 0. The number of hydrogen-bond acceptors (Lipinski definition) is 6. The molecule has 0 spiro atoms. The van der Waals surface area contributed by atoms with E-state index in [4.69, 9.17) is 4.74 Å². The Morgan fingerprint density at radius 1 is 1.38 bits per heavy atom. The fourth-order valence-corrected chi connectivity index (χ4v) is 4.45. The monoisotopic (exact) mass is 344 g/mol. The van der Waals surface area contributed by atoms with Crippen molar-refractivity contribution in [1.82, 2.24) is 19.9 Å². The lowest BCUT2D eigenvalue weighted by molar-refractivity contribution is -0.00468. The molecule has 0 aliphatic carbocycles. The van der Waals surface area contributed by atoms with E-state index in [2.05, 4.69) is 21.9 Å². The van der Waals surface area contributed by atoms with E-state index in [-0.39, 0.29) is 18.1 Å². The third-order valence-electron chi connectivity index (χ3n) is 4.94. The molecule has 0 bridgehead atoms. The molecule has 1 amide bonds. The summed E-state index contributed by atoms with van der Waals surface area (Å²) < 4.78 is 6.25. The van der Waals surface area contributed by atoms with Crippen LogP contribution in [0.5, 0.6) is 0 Å². The van der Waals surface area contributed by atoms with Crippen molar-refractivity contribution in [3.8, 4) is 0 Å². The first kappa shape index (κ1) is 15.7. The molecule has 0 saturated carbocycles. The van der Waals surface area contributed by atoms with Gasteiger partial charge >= 0.3 is 0 Å². The molecule has 7 heteroatoms. The van der Waals surface area contributed by atoms with Crippen LogP contribution < -0.4 is 0 Å². The summed E-state index contributed by atoms with van der Waals surface area (Å²) in [5.41, 5.74) is 1.49. The van der Waals surface area contributed by atoms with Gasteiger partial charge in [0.2, 0.25) is 0 Å². The van der Waals surface area contributed by atoms with E-state index in [0.29, 0.717) is 18.2 Å². The Morgan fingerprint density at radius 3 is 2.96 bits per heavy atom. The van der Waals surface area contributed by atoms with Crippen LogP contribution in [0, 0.1) is 19.8 Å². The lowest BCUT2D eigenvalue weighted by Gasteiger charge is -2.33. The van der Waals surface area contributed by atoms with Gasteiger partial charge in [0.25, 0.3) is 5.91 Å². The Bertz CT molecular complexity index is 729. The smallest absolute Gasteiger partial charge is 0.274 e. The molecule has 3 atom stereocenters. The number of amides is 1. The van der Waals surface area contributed by atoms with Crippen molar-refractivity contribution < 1.29 is 9.53 Å². The van der Waals surface area contributed by atoms with Gasteiger partial charge in [0, 0.05) is 30.4 Å². The van der Waals surface area contributed by atoms with Gasteiger partial charge in [0.1, 0.15) is 16.8 Å². The number of rotatable bonds is 2. The average Bonchev–Trinajstić information content (AvgIpc) is 3.18. The number of carbonyl (C=O) groups excluding carboxylic acids is 1. The molecule has 6 nitrogen and oxygen atoms in total. The summed E-state index contributed by atoms with van der Waals surface area (Å²) in [5.74, 6) is 0.444. The Hall–Kier alpha value is -1.86. The van der Waals surface area contributed by atoms with Gasteiger partial charge in [-0.2, -0.15) is 0 Å². The largest absolute Gasteiger partial charge is 0.366 e. The van der Waals surface area contributed by atoms with Crippen molar-refractivity contribution in [1.29, 1.82) is 0 Å². The molecule has 2 saturated heterocycles. The van der Waals surface area contributed by atoms with Crippen molar-refractivity contribution >= 4 is 17.2 Å².